The van der Waals surface area contributed by atoms with Crippen molar-refractivity contribution in [1.82, 2.24) is 9.97 Å². The van der Waals surface area contributed by atoms with Crippen LogP contribution in [0.2, 0.25) is 0 Å². The third-order valence-electron chi connectivity index (χ3n) is 4.99. The summed E-state index contributed by atoms with van der Waals surface area (Å²) in [6.45, 7) is 2.05. The molecule has 0 saturated carbocycles. The molecule has 0 bridgehead atoms. The second-order valence-electron chi connectivity index (χ2n) is 6.61. The smallest absolute Gasteiger partial charge is 0.142 e. The summed E-state index contributed by atoms with van der Waals surface area (Å²) in [6, 6.07) is 10.3. The molecule has 0 saturated heterocycles. The van der Waals surface area contributed by atoms with Crippen LogP contribution in [-0.2, 0) is 12.8 Å². The highest BCUT2D eigenvalue weighted by Gasteiger charge is 2.26. The van der Waals surface area contributed by atoms with Gasteiger partial charge in [0.05, 0.1) is 5.52 Å². The van der Waals surface area contributed by atoms with Crippen molar-refractivity contribution in [2.45, 2.75) is 32.2 Å². The Kier molecular flexibility index (Phi) is 3.63. The summed E-state index contributed by atoms with van der Waals surface area (Å²) < 4.78 is 0. The molecule has 124 valence electrons. The molecule has 0 amide bonds. The van der Waals surface area contributed by atoms with E-state index in [1.54, 1.807) is 6.20 Å². The second-order valence-corrected chi connectivity index (χ2v) is 6.61. The molecule has 1 aliphatic rings. The van der Waals surface area contributed by atoms with Crippen LogP contribution in [0.15, 0.2) is 30.5 Å². The van der Waals surface area contributed by atoms with E-state index in [-0.39, 0.29) is 6.04 Å². The van der Waals surface area contributed by atoms with Crippen LogP contribution in [-0.4, -0.2) is 16.0 Å². The summed E-state index contributed by atoms with van der Waals surface area (Å²) in [5, 5.41) is 10.8. The lowest BCUT2D eigenvalue weighted by Crippen LogP contribution is -2.29. The molecule has 5 heteroatoms. The molecule has 1 aromatic carbocycles. The number of nitrogens with zero attached hydrogens (tertiary/aromatic N) is 3. The maximum Gasteiger partial charge on any atom is 0.142 e. The van der Waals surface area contributed by atoms with Crippen LogP contribution in [0.4, 0.5) is 5.82 Å². The van der Waals surface area contributed by atoms with Crippen molar-refractivity contribution in [3.63, 3.8) is 0 Å². The number of aromatic nitrogens is 2. The van der Waals surface area contributed by atoms with Crippen molar-refractivity contribution in [2.75, 3.05) is 5.73 Å². The van der Waals surface area contributed by atoms with Crippen LogP contribution in [0.3, 0.4) is 0 Å². The second kappa shape index (κ2) is 5.83. The molecule has 0 unspecified atom stereocenters. The van der Waals surface area contributed by atoms with E-state index in [4.69, 9.17) is 11.5 Å². The lowest BCUT2D eigenvalue weighted by Gasteiger charge is -2.26. The summed E-state index contributed by atoms with van der Waals surface area (Å²) in [7, 11) is 0. The van der Waals surface area contributed by atoms with Gasteiger partial charge in [-0.3, -0.25) is 4.98 Å². The third-order valence-corrected chi connectivity index (χ3v) is 4.99. The van der Waals surface area contributed by atoms with E-state index in [0.29, 0.717) is 17.8 Å². The first-order chi connectivity index (χ1) is 12.1. The van der Waals surface area contributed by atoms with Crippen molar-refractivity contribution in [1.29, 1.82) is 5.26 Å². The van der Waals surface area contributed by atoms with Crippen LogP contribution < -0.4 is 11.5 Å². The van der Waals surface area contributed by atoms with E-state index < -0.39 is 0 Å². The Hall–Kier alpha value is -2.97. The van der Waals surface area contributed by atoms with Gasteiger partial charge in [-0.1, -0.05) is 12.1 Å². The zero-order valence-electron chi connectivity index (χ0n) is 14.1. The Bertz CT molecular complexity index is 1030. The Morgan fingerprint density at radius 3 is 2.88 bits per heavy atom. The van der Waals surface area contributed by atoms with Crippen molar-refractivity contribution in [3.8, 4) is 17.2 Å². The zero-order chi connectivity index (χ0) is 17.6. The van der Waals surface area contributed by atoms with E-state index in [9.17, 15) is 5.26 Å². The van der Waals surface area contributed by atoms with E-state index in [0.717, 1.165) is 51.7 Å². The maximum absolute atomic E-state index is 9.77. The molecule has 25 heavy (non-hydrogen) atoms. The van der Waals surface area contributed by atoms with Crippen molar-refractivity contribution < 1.29 is 0 Å². The monoisotopic (exact) mass is 329 g/mol. The number of pyridine rings is 2. The first-order valence-corrected chi connectivity index (χ1v) is 8.41. The number of benzene rings is 1. The van der Waals surface area contributed by atoms with Gasteiger partial charge in [0.25, 0.3) is 0 Å². The molecule has 0 radical (unpaired) electrons. The summed E-state index contributed by atoms with van der Waals surface area (Å²) in [6.07, 6.45) is 4.17. The summed E-state index contributed by atoms with van der Waals surface area (Å²) in [4.78, 5) is 8.96. The van der Waals surface area contributed by atoms with Crippen LogP contribution in [0.5, 0.6) is 0 Å². The average molecular weight is 329 g/mol. The molecule has 2 heterocycles. The highest BCUT2D eigenvalue weighted by molar-refractivity contribution is 5.99. The van der Waals surface area contributed by atoms with Gasteiger partial charge >= 0.3 is 0 Å². The average Bonchev–Trinajstić information content (AvgIpc) is 2.61. The molecule has 1 aliphatic carbocycles. The van der Waals surface area contributed by atoms with Crippen molar-refractivity contribution >= 4 is 16.7 Å². The van der Waals surface area contributed by atoms with Gasteiger partial charge in [0, 0.05) is 28.9 Å². The largest absolute Gasteiger partial charge is 0.383 e. The lowest BCUT2D eigenvalue weighted by molar-refractivity contribution is 0.568. The van der Waals surface area contributed by atoms with Crippen molar-refractivity contribution in [2.24, 2.45) is 5.73 Å². The topological polar surface area (TPSA) is 102 Å². The fraction of sp³-hybridized carbons (Fsp3) is 0.250. The van der Waals surface area contributed by atoms with Crippen LogP contribution >= 0.6 is 0 Å². The number of rotatable bonds is 1. The third kappa shape index (κ3) is 2.43. The Balaban J connectivity index is 2.15. The van der Waals surface area contributed by atoms with Crippen LogP contribution in [0, 0.1) is 18.3 Å². The first-order valence-electron chi connectivity index (χ1n) is 8.41. The summed E-state index contributed by atoms with van der Waals surface area (Å²) >= 11 is 0. The van der Waals surface area contributed by atoms with Gasteiger partial charge in [0.1, 0.15) is 17.5 Å². The van der Waals surface area contributed by atoms with E-state index >= 15 is 0 Å². The molecule has 5 nitrogen and oxygen atoms in total. The molecule has 0 fully saturated rings. The van der Waals surface area contributed by atoms with Gasteiger partial charge in [-0.25, -0.2) is 4.98 Å². The quantitative estimate of drug-likeness (QED) is 0.715. The number of hydrogen-bond acceptors (Lipinski definition) is 5. The minimum Gasteiger partial charge on any atom is -0.383 e. The molecule has 4 N–H and O–H groups in total. The van der Waals surface area contributed by atoms with Gasteiger partial charge in [-0.15, -0.1) is 0 Å². The van der Waals surface area contributed by atoms with E-state index in [1.807, 2.05) is 24.3 Å². The highest BCUT2D eigenvalue weighted by Crippen LogP contribution is 2.40. The molecule has 0 aliphatic heterocycles. The Labute approximate surface area is 146 Å². The van der Waals surface area contributed by atoms with Gasteiger partial charge in [-0.05, 0) is 55.0 Å². The fourth-order valence-electron chi connectivity index (χ4n) is 3.79. The van der Waals surface area contributed by atoms with Gasteiger partial charge in [0.15, 0.2) is 0 Å². The first kappa shape index (κ1) is 15.6. The predicted octanol–water partition coefficient (Wildman–Crippen LogP) is 2.88. The number of anilines is 1. The summed E-state index contributed by atoms with van der Waals surface area (Å²) in [5.74, 6) is 0.298. The molecule has 4 rings (SSSR count). The standard InChI is InChI=1S/C20H19N5/c1-11-4-6-16-13(3-2-8-24-16)18(11)19-14-9-12(22)5-7-17(14)25-20(23)15(19)10-21/h2-4,6,8,12H,5,7,9,22H2,1H3,(H2,23,25)/t12-/m0/s1. The summed E-state index contributed by atoms with van der Waals surface area (Å²) in [5.41, 5.74) is 18.7. The number of nitrogens with two attached hydrogens (primary N) is 2. The van der Waals surface area contributed by atoms with Crippen LogP contribution in [0.25, 0.3) is 22.0 Å². The molecule has 2 aromatic heterocycles. The number of nitrogen functional groups attached to an aromatic ring is 1. The number of aryl methyl sites for hydroxylation is 2. The SMILES string of the molecule is Cc1ccc2ncccc2c1-c1c(C#N)c(N)nc2c1C[C@@H](N)CC2. The zero-order valence-corrected chi connectivity index (χ0v) is 14.1. The number of nitriles is 1. The van der Waals surface area contributed by atoms with E-state index in [2.05, 4.69) is 23.0 Å². The maximum atomic E-state index is 9.77. The number of hydrogen-bond donors (Lipinski definition) is 2. The molecule has 0 spiro atoms. The lowest BCUT2D eigenvalue weighted by atomic mass is 9.82. The van der Waals surface area contributed by atoms with Gasteiger partial charge in [-0.2, -0.15) is 5.26 Å². The predicted molar refractivity (Wildman–Crippen MR) is 98.8 cm³/mol. The van der Waals surface area contributed by atoms with Gasteiger partial charge < -0.3 is 11.5 Å². The molecule has 1 atom stereocenters. The molecular formula is C20H19N5. The Morgan fingerprint density at radius 1 is 1.24 bits per heavy atom. The minimum absolute atomic E-state index is 0.0802. The normalized spacial score (nSPS) is 16.4. The van der Waals surface area contributed by atoms with Gasteiger partial charge in [0.2, 0.25) is 0 Å². The fourth-order valence-corrected chi connectivity index (χ4v) is 3.79. The molecular weight excluding hydrogens is 310 g/mol. The molecule has 3 aromatic rings. The van der Waals surface area contributed by atoms with Crippen molar-refractivity contribution in [3.05, 3.63) is 52.8 Å². The number of fused-ring (bicyclic) bond motifs is 2. The van der Waals surface area contributed by atoms with Crippen LogP contribution in [0.1, 0.15) is 28.8 Å². The highest BCUT2D eigenvalue weighted by atomic mass is 14.9. The van der Waals surface area contributed by atoms with E-state index in [1.165, 1.54) is 0 Å². The Morgan fingerprint density at radius 2 is 2.08 bits per heavy atom. The minimum atomic E-state index is 0.0802.